The van der Waals surface area contributed by atoms with Crippen molar-refractivity contribution in [3.63, 3.8) is 0 Å². The van der Waals surface area contributed by atoms with E-state index in [2.05, 4.69) is 16.9 Å². The molecule has 0 saturated heterocycles. The summed E-state index contributed by atoms with van der Waals surface area (Å²) in [7, 11) is 1.55. The van der Waals surface area contributed by atoms with Crippen LogP contribution < -0.4 is 4.74 Å². The van der Waals surface area contributed by atoms with Gasteiger partial charge in [-0.3, -0.25) is 0 Å². The van der Waals surface area contributed by atoms with Gasteiger partial charge in [0.05, 0.1) is 13.7 Å². The van der Waals surface area contributed by atoms with Crippen LogP contribution in [0.3, 0.4) is 0 Å². The quantitative estimate of drug-likeness (QED) is 0.829. The van der Waals surface area contributed by atoms with Crippen molar-refractivity contribution in [2.45, 2.75) is 6.54 Å². The molecule has 6 heteroatoms. The van der Waals surface area contributed by atoms with Crippen LogP contribution >= 0.6 is 0 Å². The van der Waals surface area contributed by atoms with E-state index in [9.17, 15) is 4.79 Å². The highest BCUT2D eigenvalue weighted by atomic mass is 16.5. The third-order valence-corrected chi connectivity index (χ3v) is 2.58. The van der Waals surface area contributed by atoms with Gasteiger partial charge in [-0.2, -0.15) is 0 Å². The minimum absolute atomic E-state index is 0.0879. The van der Waals surface area contributed by atoms with E-state index in [-0.39, 0.29) is 5.69 Å². The molecule has 0 aliphatic carbocycles. The number of carbonyl (C=O) groups is 1. The van der Waals surface area contributed by atoms with E-state index < -0.39 is 5.97 Å². The maximum absolute atomic E-state index is 11.2. The molecular weight excluding hydrogens is 246 g/mol. The van der Waals surface area contributed by atoms with E-state index in [0.717, 1.165) is 0 Å². The Morgan fingerprint density at radius 1 is 1.58 bits per heavy atom. The second-order valence-electron chi connectivity index (χ2n) is 3.79. The summed E-state index contributed by atoms with van der Waals surface area (Å²) >= 11 is 0. The van der Waals surface area contributed by atoms with Gasteiger partial charge in [-0.25, -0.2) is 9.48 Å². The number of ether oxygens (including phenoxy) is 1. The smallest absolute Gasteiger partial charge is 0.358 e. The normalized spacial score (nSPS) is 10.2. The number of carboxylic acids is 1. The van der Waals surface area contributed by atoms with E-state index in [1.54, 1.807) is 37.5 Å². The first-order valence-electron chi connectivity index (χ1n) is 5.59. The lowest BCUT2D eigenvalue weighted by molar-refractivity contribution is 0.0691. The summed E-state index contributed by atoms with van der Waals surface area (Å²) in [5, 5.41) is 16.7. The van der Waals surface area contributed by atoms with Crippen molar-refractivity contribution in [1.82, 2.24) is 15.0 Å². The van der Waals surface area contributed by atoms with Gasteiger partial charge in [-0.1, -0.05) is 23.4 Å². The minimum atomic E-state index is -1.12. The summed E-state index contributed by atoms with van der Waals surface area (Å²) in [5.41, 5.74) is 1.03. The number of aromatic carboxylic acids is 1. The fourth-order valence-corrected chi connectivity index (χ4v) is 1.76. The molecule has 1 N–H and O–H groups in total. The molecule has 98 valence electrons. The molecule has 0 bridgehead atoms. The Morgan fingerprint density at radius 3 is 3.00 bits per heavy atom. The lowest BCUT2D eigenvalue weighted by Gasteiger charge is -2.07. The fraction of sp³-hybridized carbons (Fsp3) is 0.154. The van der Waals surface area contributed by atoms with Crippen molar-refractivity contribution in [3.8, 4) is 17.0 Å². The topological polar surface area (TPSA) is 77.2 Å². The van der Waals surface area contributed by atoms with Crippen molar-refractivity contribution in [1.29, 1.82) is 0 Å². The standard InChI is InChI=1S/C13H13N3O3/c1-3-7-16-12(11(13(17)18)14-15-16)9-5-4-6-10(8-9)19-2/h3-6,8H,1,7H2,2H3,(H,17,18). The van der Waals surface area contributed by atoms with Crippen LogP contribution in [-0.4, -0.2) is 33.2 Å². The number of nitrogens with zero attached hydrogens (tertiary/aromatic N) is 3. The van der Waals surface area contributed by atoms with Crippen molar-refractivity contribution >= 4 is 5.97 Å². The number of allylic oxidation sites excluding steroid dienone is 1. The average molecular weight is 259 g/mol. The highest BCUT2D eigenvalue weighted by Gasteiger charge is 2.20. The van der Waals surface area contributed by atoms with Crippen LogP contribution in [0.15, 0.2) is 36.9 Å². The number of methoxy groups -OCH3 is 1. The highest BCUT2D eigenvalue weighted by molar-refractivity contribution is 5.92. The molecule has 0 spiro atoms. The summed E-state index contributed by atoms with van der Waals surface area (Å²) in [5.74, 6) is -0.478. The maximum Gasteiger partial charge on any atom is 0.358 e. The number of aromatic nitrogens is 3. The third-order valence-electron chi connectivity index (χ3n) is 2.58. The van der Waals surface area contributed by atoms with Gasteiger partial charge in [0.15, 0.2) is 5.69 Å². The van der Waals surface area contributed by atoms with Gasteiger partial charge in [-0.15, -0.1) is 11.7 Å². The molecule has 0 atom stereocenters. The summed E-state index contributed by atoms with van der Waals surface area (Å²) in [6.45, 7) is 4.00. The Morgan fingerprint density at radius 2 is 2.37 bits per heavy atom. The van der Waals surface area contributed by atoms with Gasteiger partial charge in [0.25, 0.3) is 0 Å². The van der Waals surface area contributed by atoms with Gasteiger partial charge in [0.1, 0.15) is 11.4 Å². The average Bonchev–Trinajstić information content (AvgIpc) is 2.83. The van der Waals surface area contributed by atoms with E-state index in [1.807, 2.05) is 0 Å². The number of carboxylic acid groups (broad SMARTS) is 1. The number of hydrogen-bond donors (Lipinski definition) is 1. The van der Waals surface area contributed by atoms with Crippen molar-refractivity contribution in [2.24, 2.45) is 0 Å². The lowest BCUT2D eigenvalue weighted by atomic mass is 10.1. The molecule has 0 aliphatic rings. The van der Waals surface area contributed by atoms with Crippen LogP contribution in [0.5, 0.6) is 5.75 Å². The molecular formula is C13H13N3O3. The second-order valence-corrected chi connectivity index (χ2v) is 3.79. The van der Waals surface area contributed by atoms with Crippen LogP contribution in [-0.2, 0) is 6.54 Å². The Labute approximate surface area is 109 Å². The van der Waals surface area contributed by atoms with E-state index in [0.29, 0.717) is 23.6 Å². The zero-order chi connectivity index (χ0) is 13.8. The van der Waals surface area contributed by atoms with Crippen LogP contribution in [0.25, 0.3) is 11.3 Å². The molecule has 0 unspecified atom stereocenters. The zero-order valence-corrected chi connectivity index (χ0v) is 10.4. The van der Waals surface area contributed by atoms with Crippen LogP contribution in [0, 0.1) is 0 Å². The summed E-state index contributed by atoms with van der Waals surface area (Å²) in [6.07, 6.45) is 1.63. The fourth-order valence-electron chi connectivity index (χ4n) is 1.76. The number of hydrogen-bond acceptors (Lipinski definition) is 4. The van der Waals surface area contributed by atoms with Crippen LogP contribution in [0.4, 0.5) is 0 Å². The zero-order valence-electron chi connectivity index (χ0n) is 10.4. The van der Waals surface area contributed by atoms with E-state index >= 15 is 0 Å². The highest BCUT2D eigenvalue weighted by Crippen LogP contribution is 2.26. The van der Waals surface area contributed by atoms with Crippen molar-refractivity contribution in [3.05, 3.63) is 42.6 Å². The first kappa shape index (κ1) is 12.8. The second kappa shape index (κ2) is 5.34. The predicted molar refractivity (Wildman–Crippen MR) is 69.2 cm³/mol. The molecule has 2 rings (SSSR count). The monoisotopic (exact) mass is 259 g/mol. The Hall–Kier alpha value is -2.63. The van der Waals surface area contributed by atoms with E-state index in [1.165, 1.54) is 4.68 Å². The van der Waals surface area contributed by atoms with Crippen molar-refractivity contribution < 1.29 is 14.6 Å². The summed E-state index contributed by atoms with van der Waals surface area (Å²) in [4.78, 5) is 11.2. The number of benzene rings is 1. The van der Waals surface area contributed by atoms with Crippen LogP contribution in [0.2, 0.25) is 0 Å². The predicted octanol–water partition coefficient (Wildman–Crippen LogP) is 1.84. The summed E-state index contributed by atoms with van der Waals surface area (Å²) < 4.78 is 6.63. The summed E-state index contributed by atoms with van der Waals surface area (Å²) in [6, 6.07) is 7.09. The molecule has 6 nitrogen and oxygen atoms in total. The lowest BCUT2D eigenvalue weighted by Crippen LogP contribution is -2.04. The first-order valence-corrected chi connectivity index (χ1v) is 5.59. The molecule has 0 fully saturated rings. The largest absolute Gasteiger partial charge is 0.497 e. The van der Waals surface area contributed by atoms with Gasteiger partial charge in [0.2, 0.25) is 0 Å². The van der Waals surface area contributed by atoms with Gasteiger partial charge in [0, 0.05) is 5.56 Å². The molecule has 1 aromatic heterocycles. The van der Waals surface area contributed by atoms with Gasteiger partial charge < -0.3 is 9.84 Å². The molecule has 1 heterocycles. The van der Waals surface area contributed by atoms with E-state index in [4.69, 9.17) is 9.84 Å². The first-order chi connectivity index (χ1) is 9.17. The molecule has 1 aromatic carbocycles. The number of rotatable bonds is 5. The molecule has 0 aliphatic heterocycles. The Bertz CT molecular complexity index is 619. The molecule has 0 amide bonds. The maximum atomic E-state index is 11.2. The van der Waals surface area contributed by atoms with Gasteiger partial charge in [-0.05, 0) is 12.1 Å². The van der Waals surface area contributed by atoms with Gasteiger partial charge >= 0.3 is 5.97 Å². The third kappa shape index (κ3) is 2.47. The molecule has 0 radical (unpaired) electrons. The van der Waals surface area contributed by atoms with Crippen molar-refractivity contribution in [2.75, 3.05) is 7.11 Å². The minimum Gasteiger partial charge on any atom is -0.497 e. The SMILES string of the molecule is C=CCn1nnc(C(=O)O)c1-c1cccc(OC)c1. The Balaban J connectivity index is 2.60. The molecule has 0 saturated carbocycles. The molecule has 19 heavy (non-hydrogen) atoms. The van der Waals surface area contributed by atoms with Crippen LogP contribution in [0.1, 0.15) is 10.5 Å². The Kier molecular flexibility index (Phi) is 3.61. The molecule has 2 aromatic rings.